The molecule has 0 amide bonds. The first kappa shape index (κ1) is 8.03. The monoisotopic (exact) mass is 164 g/mol. The molecule has 0 bridgehead atoms. The van der Waals surface area contributed by atoms with Gasteiger partial charge < -0.3 is 0 Å². The van der Waals surface area contributed by atoms with Crippen molar-refractivity contribution in [3.63, 3.8) is 0 Å². The number of hydrogen-bond acceptors (Lipinski definition) is 1. The maximum absolute atomic E-state index is 11.6. The van der Waals surface area contributed by atoms with E-state index in [1.807, 2.05) is 0 Å². The van der Waals surface area contributed by atoms with Crippen LogP contribution in [0.3, 0.4) is 0 Å². The fourth-order valence-electron chi connectivity index (χ4n) is 2.54. The van der Waals surface area contributed by atoms with Gasteiger partial charge >= 0.3 is 0 Å². The molecule has 2 aliphatic rings. The van der Waals surface area contributed by atoms with Gasteiger partial charge in [-0.3, -0.25) is 4.79 Å². The van der Waals surface area contributed by atoms with Crippen LogP contribution >= 0.6 is 0 Å². The molecule has 1 nitrogen and oxygen atoms in total. The molecular weight excluding hydrogens is 148 g/mol. The fraction of sp³-hybridized carbons (Fsp3) is 0.727. The van der Waals surface area contributed by atoms with Crippen LogP contribution in [-0.2, 0) is 4.79 Å². The topological polar surface area (TPSA) is 17.1 Å². The number of carbonyl (C=O) groups is 1. The maximum atomic E-state index is 11.6. The summed E-state index contributed by atoms with van der Waals surface area (Å²) in [5.41, 5.74) is 0. The third-order valence-corrected chi connectivity index (χ3v) is 3.24. The first-order valence-corrected chi connectivity index (χ1v) is 5.05. The van der Waals surface area contributed by atoms with Crippen molar-refractivity contribution < 1.29 is 4.79 Å². The van der Waals surface area contributed by atoms with E-state index in [0.29, 0.717) is 17.6 Å². The molecule has 0 N–H and O–H groups in total. The summed E-state index contributed by atoms with van der Waals surface area (Å²) in [6, 6.07) is 0. The molecule has 0 aromatic carbocycles. The quantitative estimate of drug-likeness (QED) is 0.503. The van der Waals surface area contributed by atoms with Crippen LogP contribution in [0.5, 0.6) is 0 Å². The summed E-state index contributed by atoms with van der Waals surface area (Å²) in [7, 11) is 0. The zero-order chi connectivity index (χ0) is 8.39. The largest absolute Gasteiger partial charge is 0.299 e. The number of ketones is 1. The van der Waals surface area contributed by atoms with Crippen LogP contribution in [0.1, 0.15) is 38.5 Å². The highest BCUT2D eigenvalue weighted by molar-refractivity contribution is 5.81. The Bertz CT molecular complexity index is 205. The Morgan fingerprint density at radius 1 is 1.25 bits per heavy atom. The maximum Gasteiger partial charge on any atom is 0.136 e. The van der Waals surface area contributed by atoms with Gasteiger partial charge in [0.2, 0.25) is 0 Å². The van der Waals surface area contributed by atoms with Crippen molar-refractivity contribution in [3.05, 3.63) is 12.2 Å². The zero-order valence-electron chi connectivity index (χ0n) is 7.46. The van der Waals surface area contributed by atoms with Gasteiger partial charge in [-0.1, -0.05) is 18.6 Å². The van der Waals surface area contributed by atoms with Crippen LogP contribution in [0, 0.1) is 11.8 Å². The van der Waals surface area contributed by atoms with Gasteiger partial charge in [-0.25, -0.2) is 0 Å². The highest BCUT2D eigenvalue weighted by Crippen LogP contribution is 2.36. The number of rotatable bonds is 0. The van der Waals surface area contributed by atoms with Gasteiger partial charge in [0, 0.05) is 12.3 Å². The zero-order valence-corrected chi connectivity index (χ0v) is 7.46. The Labute approximate surface area is 73.8 Å². The van der Waals surface area contributed by atoms with Gasteiger partial charge in [0.25, 0.3) is 0 Å². The van der Waals surface area contributed by atoms with E-state index < -0.39 is 0 Å². The van der Waals surface area contributed by atoms with E-state index in [2.05, 4.69) is 12.2 Å². The summed E-state index contributed by atoms with van der Waals surface area (Å²) >= 11 is 0. The summed E-state index contributed by atoms with van der Waals surface area (Å²) < 4.78 is 0. The summed E-state index contributed by atoms with van der Waals surface area (Å²) in [6.07, 6.45) is 11.1. The lowest BCUT2D eigenvalue weighted by atomic mass is 9.86. The summed E-state index contributed by atoms with van der Waals surface area (Å²) in [4.78, 5) is 11.6. The summed E-state index contributed by atoms with van der Waals surface area (Å²) in [5, 5.41) is 0. The molecular formula is C11H16O. The van der Waals surface area contributed by atoms with Crippen LogP contribution < -0.4 is 0 Å². The van der Waals surface area contributed by atoms with Crippen molar-refractivity contribution in [2.75, 3.05) is 0 Å². The average molecular weight is 164 g/mol. The van der Waals surface area contributed by atoms with E-state index in [-0.39, 0.29) is 0 Å². The predicted octanol–water partition coefficient (Wildman–Crippen LogP) is 2.71. The molecule has 2 rings (SSSR count). The van der Waals surface area contributed by atoms with Crippen molar-refractivity contribution >= 4 is 5.78 Å². The lowest BCUT2D eigenvalue weighted by molar-refractivity contribution is -0.123. The van der Waals surface area contributed by atoms with E-state index >= 15 is 0 Å². The molecule has 0 unspecified atom stereocenters. The normalized spacial score (nSPS) is 38.5. The third-order valence-electron chi connectivity index (χ3n) is 3.24. The molecule has 0 saturated heterocycles. The van der Waals surface area contributed by atoms with Gasteiger partial charge in [-0.05, 0) is 31.6 Å². The smallest absolute Gasteiger partial charge is 0.136 e. The minimum absolute atomic E-state index is 0.426. The molecule has 0 heterocycles. The molecule has 1 saturated carbocycles. The minimum atomic E-state index is 0.426. The van der Waals surface area contributed by atoms with E-state index in [1.54, 1.807) is 0 Å². The molecule has 0 spiro atoms. The standard InChI is InChI=1S/C11H16O/c12-11-8-3-1-2-5-9-6-4-7-10(9)11/h1-2,9-10H,3-8H2/b2-1-/t9-,10+/m0/s1. The summed E-state index contributed by atoms with van der Waals surface area (Å²) in [6.45, 7) is 0. The van der Waals surface area contributed by atoms with Gasteiger partial charge in [0.1, 0.15) is 5.78 Å². The molecule has 2 atom stereocenters. The van der Waals surface area contributed by atoms with Gasteiger partial charge in [0.15, 0.2) is 0 Å². The number of hydrogen-bond donors (Lipinski definition) is 0. The number of fused-ring (bicyclic) bond motifs is 1. The van der Waals surface area contributed by atoms with Crippen molar-refractivity contribution in [1.82, 2.24) is 0 Å². The lowest BCUT2D eigenvalue weighted by Gasteiger charge is -2.18. The van der Waals surface area contributed by atoms with Crippen LogP contribution in [0.25, 0.3) is 0 Å². The molecule has 1 fully saturated rings. The second-order valence-electron chi connectivity index (χ2n) is 4.01. The molecule has 0 aliphatic heterocycles. The molecule has 0 aromatic heterocycles. The van der Waals surface area contributed by atoms with Crippen LogP contribution in [0.15, 0.2) is 12.2 Å². The SMILES string of the molecule is O=C1CC/C=C\C[C@H]2CCC[C@@H]12. The average Bonchev–Trinajstić information content (AvgIpc) is 2.47. The number of Topliss-reactive ketones (excluding diaryl/α,β-unsaturated/α-hetero) is 1. The first-order valence-electron chi connectivity index (χ1n) is 5.05. The van der Waals surface area contributed by atoms with Gasteiger partial charge in [0.05, 0.1) is 0 Å². The third kappa shape index (κ3) is 1.45. The lowest BCUT2D eigenvalue weighted by Crippen LogP contribution is -2.19. The molecule has 0 radical (unpaired) electrons. The van der Waals surface area contributed by atoms with Crippen molar-refractivity contribution in [2.24, 2.45) is 11.8 Å². The Morgan fingerprint density at radius 3 is 3.08 bits per heavy atom. The van der Waals surface area contributed by atoms with E-state index in [0.717, 1.165) is 25.7 Å². The molecule has 2 aliphatic carbocycles. The molecule has 12 heavy (non-hydrogen) atoms. The molecule has 1 heteroatoms. The van der Waals surface area contributed by atoms with Gasteiger partial charge in [-0.2, -0.15) is 0 Å². The molecule has 66 valence electrons. The van der Waals surface area contributed by atoms with E-state index in [4.69, 9.17) is 0 Å². The Balaban J connectivity index is 2.11. The molecule has 0 aromatic rings. The van der Waals surface area contributed by atoms with Crippen LogP contribution in [0.2, 0.25) is 0 Å². The second-order valence-corrected chi connectivity index (χ2v) is 4.01. The highest BCUT2D eigenvalue weighted by Gasteiger charge is 2.31. The Morgan fingerprint density at radius 2 is 2.17 bits per heavy atom. The minimum Gasteiger partial charge on any atom is -0.299 e. The van der Waals surface area contributed by atoms with Crippen molar-refractivity contribution in [3.8, 4) is 0 Å². The Hall–Kier alpha value is -0.590. The number of carbonyl (C=O) groups excluding carboxylic acids is 1. The highest BCUT2D eigenvalue weighted by atomic mass is 16.1. The van der Waals surface area contributed by atoms with Crippen molar-refractivity contribution in [1.29, 1.82) is 0 Å². The van der Waals surface area contributed by atoms with E-state index in [9.17, 15) is 4.79 Å². The number of allylic oxidation sites excluding steroid dienone is 2. The van der Waals surface area contributed by atoms with Crippen LogP contribution in [0.4, 0.5) is 0 Å². The Kier molecular flexibility index (Phi) is 2.29. The van der Waals surface area contributed by atoms with Crippen molar-refractivity contribution in [2.45, 2.75) is 38.5 Å². The predicted molar refractivity (Wildman–Crippen MR) is 48.8 cm³/mol. The first-order chi connectivity index (χ1) is 5.88. The van der Waals surface area contributed by atoms with Crippen LogP contribution in [-0.4, -0.2) is 5.78 Å². The summed E-state index contributed by atoms with van der Waals surface area (Å²) in [5.74, 6) is 1.64. The van der Waals surface area contributed by atoms with E-state index in [1.165, 1.54) is 12.8 Å². The van der Waals surface area contributed by atoms with Gasteiger partial charge in [-0.15, -0.1) is 0 Å². The second kappa shape index (κ2) is 3.42. The fourth-order valence-corrected chi connectivity index (χ4v) is 2.54.